The Morgan fingerprint density at radius 1 is 1.04 bits per heavy atom. The lowest BCUT2D eigenvalue weighted by Crippen LogP contribution is -2.62. The normalized spacial score (nSPS) is 21.3. The van der Waals surface area contributed by atoms with Gasteiger partial charge in [-0.3, -0.25) is 19.2 Å². The molecule has 1 heterocycles. The summed E-state index contributed by atoms with van der Waals surface area (Å²) in [7, 11) is -3.59. The molecule has 0 spiro atoms. The lowest BCUT2D eigenvalue weighted by Gasteiger charge is -2.38. The van der Waals surface area contributed by atoms with Crippen molar-refractivity contribution in [3.8, 4) is 0 Å². The zero-order chi connectivity index (χ0) is 37.6. The molecule has 0 radical (unpaired) electrons. The Morgan fingerprint density at radius 2 is 1.68 bits per heavy atom. The summed E-state index contributed by atoms with van der Waals surface area (Å²) in [5, 5.41) is 10.9. The van der Waals surface area contributed by atoms with Gasteiger partial charge in [-0.25, -0.2) is 13.2 Å². The van der Waals surface area contributed by atoms with Crippen LogP contribution in [0.15, 0.2) is 43.0 Å². The van der Waals surface area contributed by atoms with Crippen molar-refractivity contribution >= 4 is 39.4 Å². The molecule has 2 aliphatic rings. The van der Waals surface area contributed by atoms with Crippen molar-refractivity contribution in [3.63, 3.8) is 0 Å². The third kappa shape index (κ3) is 10.2. The minimum atomic E-state index is -3.59. The molecule has 0 bridgehead atoms. The standard InChI is InChI=1S/C37H57N5O7S/c1-10-12-18-26(30(43)33(45)38-19-11-2)39-32(44)29-28-25(37(28,8)9)20-42(29)34(46)31(36(5,6)7)41-35(47)40-27(23(3)4)22-50(48,49)21-24-16-14-13-15-17-24/h11,13-17,23,25-29,31H,2,10,12,18-22H2,1,3-9H3,(H,38,45)(H,39,44)(H2,40,41,47)/t25-,26?,27+,28-,29-,31+/m0/s1. The first kappa shape index (κ1) is 40.7. The average Bonchev–Trinajstić information content (AvgIpc) is 3.33. The maximum atomic E-state index is 14.4. The van der Waals surface area contributed by atoms with Gasteiger partial charge in [0.15, 0.2) is 9.84 Å². The number of hydrogen-bond donors (Lipinski definition) is 4. The van der Waals surface area contributed by atoms with Gasteiger partial charge in [0.25, 0.3) is 5.91 Å². The number of fused-ring (bicyclic) bond motifs is 1. The molecule has 1 unspecified atom stereocenters. The topological polar surface area (TPSA) is 171 Å². The van der Waals surface area contributed by atoms with Crippen molar-refractivity contribution in [2.45, 2.75) is 105 Å². The molecule has 50 heavy (non-hydrogen) atoms. The Morgan fingerprint density at radius 3 is 2.24 bits per heavy atom. The largest absolute Gasteiger partial charge is 0.346 e. The van der Waals surface area contributed by atoms with Crippen LogP contribution in [-0.2, 0) is 34.8 Å². The predicted octanol–water partition coefficient (Wildman–Crippen LogP) is 3.37. The molecule has 0 aromatic heterocycles. The van der Waals surface area contributed by atoms with E-state index < -0.39 is 69.0 Å². The minimum Gasteiger partial charge on any atom is -0.346 e. The van der Waals surface area contributed by atoms with E-state index in [4.69, 9.17) is 0 Å². The van der Waals surface area contributed by atoms with Crippen LogP contribution in [0.25, 0.3) is 0 Å². The molecule has 1 aliphatic heterocycles. The molecule has 2 fully saturated rings. The van der Waals surface area contributed by atoms with Gasteiger partial charge >= 0.3 is 6.03 Å². The first-order valence-corrected chi connectivity index (χ1v) is 19.4. The number of urea groups is 1. The van der Waals surface area contributed by atoms with Crippen LogP contribution in [0.5, 0.6) is 0 Å². The van der Waals surface area contributed by atoms with Gasteiger partial charge in [0.05, 0.1) is 17.5 Å². The summed E-state index contributed by atoms with van der Waals surface area (Å²) >= 11 is 0. The number of ketones is 1. The maximum Gasteiger partial charge on any atom is 0.315 e. The molecule has 1 saturated carbocycles. The summed E-state index contributed by atoms with van der Waals surface area (Å²) in [6.07, 6.45) is 3.08. The second kappa shape index (κ2) is 16.5. The van der Waals surface area contributed by atoms with Gasteiger partial charge in [0.1, 0.15) is 12.1 Å². The fraction of sp³-hybridized carbons (Fsp3) is 0.649. The van der Waals surface area contributed by atoms with Crippen molar-refractivity contribution in [2.75, 3.05) is 18.8 Å². The molecular weight excluding hydrogens is 659 g/mol. The SMILES string of the molecule is C=CCNC(=O)C(=O)C(CCCC)NC(=O)[C@@H]1[C@@H]2[C@H](CN1C(=O)[C@@H](NC(=O)N[C@H](CS(=O)(=O)Cc1ccccc1)C(C)C)C(C)(C)C)C2(C)C. The lowest BCUT2D eigenvalue weighted by atomic mass is 9.85. The van der Waals surface area contributed by atoms with Gasteiger partial charge in [-0.1, -0.05) is 105 Å². The Bertz CT molecular complexity index is 1520. The number of benzene rings is 1. The van der Waals surface area contributed by atoms with Crippen molar-refractivity contribution in [1.82, 2.24) is 26.2 Å². The van der Waals surface area contributed by atoms with E-state index in [1.165, 1.54) is 11.0 Å². The predicted molar refractivity (Wildman–Crippen MR) is 193 cm³/mol. The van der Waals surface area contributed by atoms with E-state index in [2.05, 4.69) is 27.8 Å². The van der Waals surface area contributed by atoms with Crippen molar-refractivity contribution in [1.29, 1.82) is 0 Å². The summed E-state index contributed by atoms with van der Waals surface area (Å²) in [6.45, 7) is 19.0. The number of rotatable bonds is 17. The maximum absolute atomic E-state index is 14.4. The highest BCUT2D eigenvalue weighted by atomic mass is 32.2. The molecule has 5 amide bonds. The quantitative estimate of drug-likeness (QED) is 0.142. The van der Waals surface area contributed by atoms with E-state index in [-0.39, 0.29) is 47.6 Å². The van der Waals surface area contributed by atoms with Crippen LogP contribution < -0.4 is 21.3 Å². The fourth-order valence-corrected chi connectivity index (χ4v) is 8.71. The Labute approximate surface area is 297 Å². The average molecular weight is 716 g/mol. The van der Waals surface area contributed by atoms with Gasteiger partial charge in [-0.05, 0) is 40.6 Å². The highest BCUT2D eigenvalue weighted by Crippen LogP contribution is 2.65. The van der Waals surface area contributed by atoms with E-state index in [0.29, 0.717) is 18.5 Å². The van der Waals surface area contributed by atoms with E-state index in [1.807, 2.05) is 40.7 Å². The molecule has 1 aliphatic carbocycles. The van der Waals surface area contributed by atoms with Gasteiger partial charge in [-0.2, -0.15) is 0 Å². The summed E-state index contributed by atoms with van der Waals surface area (Å²) in [5.41, 5.74) is -0.353. The molecule has 13 heteroatoms. The zero-order valence-electron chi connectivity index (χ0n) is 30.9. The molecule has 12 nitrogen and oxygen atoms in total. The van der Waals surface area contributed by atoms with Crippen LogP contribution in [0.4, 0.5) is 4.79 Å². The van der Waals surface area contributed by atoms with Crippen molar-refractivity contribution < 1.29 is 32.4 Å². The molecule has 1 saturated heterocycles. The van der Waals surface area contributed by atoms with E-state index >= 15 is 0 Å². The monoisotopic (exact) mass is 715 g/mol. The summed E-state index contributed by atoms with van der Waals surface area (Å²) in [4.78, 5) is 69.0. The number of piperidine rings is 1. The molecular formula is C37H57N5O7S. The summed E-state index contributed by atoms with van der Waals surface area (Å²) in [6, 6.07) is 4.40. The van der Waals surface area contributed by atoms with Gasteiger partial charge in [-0.15, -0.1) is 6.58 Å². The fourth-order valence-electron chi connectivity index (χ4n) is 6.87. The van der Waals surface area contributed by atoms with Crippen LogP contribution >= 0.6 is 0 Å². The molecule has 3 rings (SSSR count). The zero-order valence-corrected chi connectivity index (χ0v) is 31.7. The third-order valence-electron chi connectivity index (χ3n) is 10.0. The lowest BCUT2D eigenvalue weighted by molar-refractivity contribution is -0.145. The first-order chi connectivity index (χ1) is 23.2. The summed E-state index contributed by atoms with van der Waals surface area (Å²) in [5.74, 6) is -3.33. The van der Waals surface area contributed by atoms with Gasteiger partial charge < -0.3 is 26.2 Å². The van der Waals surface area contributed by atoms with Crippen LogP contribution in [0.2, 0.25) is 0 Å². The smallest absolute Gasteiger partial charge is 0.315 e. The molecule has 4 N–H and O–H groups in total. The van der Waals surface area contributed by atoms with E-state index in [0.717, 1.165) is 6.42 Å². The number of nitrogens with zero attached hydrogens (tertiary/aromatic N) is 1. The Hall–Kier alpha value is -3.74. The number of sulfone groups is 1. The Kier molecular flexibility index (Phi) is 13.4. The van der Waals surface area contributed by atoms with Crippen LogP contribution in [0.3, 0.4) is 0 Å². The molecule has 1 aromatic rings. The van der Waals surface area contributed by atoms with E-state index in [1.54, 1.807) is 45.0 Å². The highest BCUT2D eigenvalue weighted by molar-refractivity contribution is 7.90. The van der Waals surface area contributed by atoms with Crippen molar-refractivity contribution in [2.24, 2.45) is 28.6 Å². The number of carbonyl (C=O) groups excluding carboxylic acids is 5. The van der Waals surface area contributed by atoms with Gasteiger partial charge in [0, 0.05) is 19.1 Å². The number of nitrogens with one attached hydrogen (secondary N) is 4. The highest BCUT2D eigenvalue weighted by Gasteiger charge is 2.70. The number of amides is 5. The number of carbonyl (C=O) groups is 5. The van der Waals surface area contributed by atoms with Gasteiger partial charge in [0.2, 0.25) is 17.6 Å². The van der Waals surface area contributed by atoms with Crippen LogP contribution in [-0.4, -0.2) is 85.9 Å². The Balaban J connectivity index is 1.80. The first-order valence-electron chi connectivity index (χ1n) is 17.6. The summed E-state index contributed by atoms with van der Waals surface area (Å²) < 4.78 is 26.2. The van der Waals surface area contributed by atoms with Crippen molar-refractivity contribution in [3.05, 3.63) is 48.6 Å². The number of unbranched alkanes of at least 4 members (excludes halogenated alkanes) is 1. The van der Waals surface area contributed by atoms with E-state index in [9.17, 15) is 32.4 Å². The second-order valence-corrected chi connectivity index (χ2v) is 17.9. The molecule has 6 atom stereocenters. The number of hydrogen-bond acceptors (Lipinski definition) is 7. The molecule has 278 valence electrons. The number of likely N-dealkylation sites (tertiary alicyclic amines) is 1. The van der Waals surface area contributed by atoms with Crippen LogP contribution in [0.1, 0.15) is 80.2 Å². The molecule has 1 aromatic carbocycles. The number of Topliss-reactive ketones (excluding diaryl/α,β-unsaturated/α-hetero) is 1. The third-order valence-corrected chi connectivity index (χ3v) is 11.7. The van der Waals surface area contributed by atoms with Crippen LogP contribution in [0, 0.1) is 28.6 Å². The minimum absolute atomic E-state index is 0.0393. The second-order valence-electron chi connectivity index (χ2n) is 15.8.